The molecule has 0 saturated carbocycles. The minimum Gasteiger partial charge on any atom is -0.376 e. The van der Waals surface area contributed by atoms with Gasteiger partial charge in [0.25, 0.3) is 5.56 Å². The van der Waals surface area contributed by atoms with Crippen molar-refractivity contribution >= 4 is 50.7 Å². The van der Waals surface area contributed by atoms with Crippen LogP contribution in [0.25, 0.3) is 16.0 Å². The fraction of sp³-hybridized carbons (Fsp3) is 0.333. The molecule has 1 aliphatic heterocycles. The minimum atomic E-state index is -0.461. The summed E-state index contributed by atoms with van der Waals surface area (Å²) in [6.07, 6.45) is 3.65. The largest absolute Gasteiger partial charge is 0.376 e. The first kappa shape index (κ1) is 21.0. The van der Waals surface area contributed by atoms with Gasteiger partial charge in [0.2, 0.25) is 11.7 Å². The Bertz CT molecular complexity index is 1430. The average Bonchev–Trinajstić information content (AvgIpc) is 3.53. The molecule has 4 heterocycles. The lowest BCUT2D eigenvalue weighted by atomic mass is 10.2. The lowest BCUT2D eigenvalue weighted by Gasteiger charge is -2.12. The van der Waals surface area contributed by atoms with E-state index >= 15 is 0 Å². The zero-order valence-corrected chi connectivity index (χ0v) is 18.9. The van der Waals surface area contributed by atoms with Gasteiger partial charge in [0.1, 0.15) is 11.2 Å². The molecular formula is C21H21N5O4S2. The SMILES string of the molecule is CSc1cccc(NC(=O)Cn2nc3n(C[C@H]4CCCO4)c(=O)c4sccc4n3c2=O)c1. The summed E-state index contributed by atoms with van der Waals surface area (Å²) in [7, 11) is 0. The third kappa shape index (κ3) is 3.76. The third-order valence-electron chi connectivity index (χ3n) is 5.45. The molecule has 1 fully saturated rings. The average molecular weight is 472 g/mol. The van der Waals surface area contributed by atoms with Crippen LogP contribution in [0.5, 0.6) is 0 Å². The highest BCUT2D eigenvalue weighted by atomic mass is 32.2. The van der Waals surface area contributed by atoms with Crippen LogP contribution in [0.2, 0.25) is 0 Å². The topological polar surface area (TPSA) is 99.6 Å². The van der Waals surface area contributed by atoms with Crippen molar-refractivity contribution in [2.24, 2.45) is 0 Å². The number of nitrogens with zero attached hydrogens (tertiary/aromatic N) is 4. The van der Waals surface area contributed by atoms with E-state index in [1.165, 1.54) is 20.3 Å². The Morgan fingerprint density at radius 3 is 3.00 bits per heavy atom. The highest BCUT2D eigenvalue weighted by molar-refractivity contribution is 7.98. The third-order valence-corrected chi connectivity index (χ3v) is 7.06. The molecule has 0 aliphatic carbocycles. The molecule has 0 spiro atoms. The van der Waals surface area contributed by atoms with Gasteiger partial charge in [0, 0.05) is 17.2 Å². The van der Waals surface area contributed by atoms with Crippen LogP contribution in [0.3, 0.4) is 0 Å². The molecule has 32 heavy (non-hydrogen) atoms. The van der Waals surface area contributed by atoms with E-state index in [4.69, 9.17) is 4.74 Å². The van der Waals surface area contributed by atoms with E-state index < -0.39 is 5.69 Å². The van der Waals surface area contributed by atoms with Crippen LogP contribution in [0.1, 0.15) is 12.8 Å². The Balaban J connectivity index is 1.52. The Kier molecular flexibility index (Phi) is 5.62. The molecule has 5 rings (SSSR count). The molecule has 4 aromatic rings. The zero-order chi connectivity index (χ0) is 22.2. The van der Waals surface area contributed by atoms with E-state index in [0.29, 0.717) is 29.1 Å². The number of anilines is 1. The van der Waals surface area contributed by atoms with Crippen molar-refractivity contribution in [3.8, 4) is 0 Å². The lowest BCUT2D eigenvalue weighted by Crippen LogP contribution is -2.30. The first-order chi connectivity index (χ1) is 15.5. The van der Waals surface area contributed by atoms with E-state index in [-0.39, 0.29) is 29.9 Å². The van der Waals surface area contributed by atoms with Crippen LogP contribution in [0.4, 0.5) is 5.69 Å². The number of fused-ring (bicyclic) bond motifs is 3. The zero-order valence-electron chi connectivity index (χ0n) is 17.3. The number of amides is 1. The van der Waals surface area contributed by atoms with Crippen molar-refractivity contribution in [2.75, 3.05) is 18.2 Å². The van der Waals surface area contributed by atoms with Crippen molar-refractivity contribution in [3.63, 3.8) is 0 Å². The highest BCUT2D eigenvalue weighted by Gasteiger charge is 2.23. The summed E-state index contributed by atoms with van der Waals surface area (Å²) in [5.74, 6) is -0.151. The van der Waals surface area contributed by atoms with E-state index in [0.717, 1.165) is 22.4 Å². The number of carbonyl (C=O) groups excluding carboxylic acids is 1. The van der Waals surface area contributed by atoms with Crippen LogP contribution < -0.4 is 16.6 Å². The number of ether oxygens (including phenoxy) is 1. The van der Waals surface area contributed by atoms with E-state index in [1.807, 2.05) is 24.5 Å². The van der Waals surface area contributed by atoms with E-state index in [9.17, 15) is 14.4 Å². The quantitative estimate of drug-likeness (QED) is 0.434. The fourth-order valence-electron chi connectivity index (χ4n) is 3.93. The first-order valence-corrected chi connectivity index (χ1v) is 12.3. The summed E-state index contributed by atoms with van der Waals surface area (Å²) in [4.78, 5) is 39.9. The molecule has 0 unspecified atom stereocenters. The number of nitrogens with one attached hydrogen (secondary N) is 1. The van der Waals surface area contributed by atoms with Crippen LogP contribution in [0.15, 0.2) is 50.2 Å². The van der Waals surface area contributed by atoms with Crippen molar-refractivity contribution < 1.29 is 9.53 Å². The number of aromatic nitrogens is 4. The number of rotatable bonds is 6. The van der Waals surface area contributed by atoms with Gasteiger partial charge in [-0.1, -0.05) is 6.07 Å². The van der Waals surface area contributed by atoms with Gasteiger partial charge in [-0.2, -0.15) is 0 Å². The maximum atomic E-state index is 13.2. The smallest absolute Gasteiger partial charge is 0.352 e. The van der Waals surface area contributed by atoms with E-state index in [2.05, 4.69) is 10.4 Å². The second-order valence-electron chi connectivity index (χ2n) is 7.54. The molecule has 11 heteroatoms. The summed E-state index contributed by atoms with van der Waals surface area (Å²) in [6, 6.07) is 9.19. The van der Waals surface area contributed by atoms with Gasteiger partial charge in [0.05, 0.1) is 18.2 Å². The molecule has 1 aromatic carbocycles. The maximum absolute atomic E-state index is 13.2. The molecule has 1 saturated heterocycles. The van der Waals surface area contributed by atoms with Crippen molar-refractivity contribution in [2.45, 2.75) is 36.9 Å². The molecule has 1 aliphatic rings. The Morgan fingerprint density at radius 2 is 2.22 bits per heavy atom. The number of hydrogen-bond acceptors (Lipinski definition) is 7. The molecule has 1 amide bonds. The standard InChI is InChI=1S/C21H21N5O4S2/c1-31-15-6-2-4-13(10-15)22-17(27)12-25-21(29)26-16-7-9-32-18(16)19(28)24(20(26)23-25)11-14-5-3-8-30-14/h2,4,6-7,9-10,14H,3,5,8,11-12H2,1H3,(H,22,27)/t14-/m1/s1. The summed E-state index contributed by atoms with van der Waals surface area (Å²) < 4.78 is 10.2. The summed E-state index contributed by atoms with van der Waals surface area (Å²) in [6.45, 7) is 0.722. The number of thiophene rings is 1. The molecule has 1 N–H and O–H groups in total. The predicted octanol–water partition coefficient (Wildman–Crippen LogP) is 2.41. The van der Waals surface area contributed by atoms with Crippen molar-refractivity contribution in [1.29, 1.82) is 0 Å². The molecule has 9 nitrogen and oxygen atoms in total. The van der Waals surface area contributed by atoms with Gasteiger partial charge in [0.15, 0.2) is 0 Å². The van der Waals surface area contributed by atoms with Crippen molar-refractivity contribution in [1.82, 2.24) is 18.7 Å². The molecule has 0 bridgehead atoms. The Morgan fingerprint density at radius 1 is 1.34 bits per heavy atom. The summed E-state index contributed by atoms with van der Waals surface area (Å²) in [5.41, 5.74) is 0.489. The summed E-state index contributed by atoms with van der Waals surface area (Å²) >= 11 is 2.86. The van der Waals surface area contributed by atoms with E-state index in [1.54, 1.807) is 29.3 Å². The first-order valence-electron chi connectivity index (χ1n) is 10.2. The normalized spacial score (nSPS) is 16.2. The highest BCUT2D eigenvalue weighted by Crippen LogP contribution is 2.20. The Hall–Kier alpha value is -2.89. The predicted molar refractivity (Wildman–Crippen MR) is 125 cm³/mol. The molecule has 1 atom stereocenters. The van der Waals surface area contributed by atoms with Crippen LogP contribution in [-0.4, -0.2) is 43.6 Å². The minimum absolute atomic E-state index is 0.0961. The second kappa shape index (κ2) is 8.57. The van der Waals surface area contributed by atoms with Crippen molar-refractivity contribution in [3.05, 3.63) is 56.5 Å². The molecule has 0 radical (unpaired) electrons. The maximum Gasteiger partial charge on any atom is 0.352 e. The van der Waals surface area contributed by atoms with Crippen LogP contribution >= 0.6 is 23.1 Å². The van der Waals surface area contributed by atoms with Crippen LogP contribution in [0, 0.1) is 0 Å². The van der Waals surface area contributed by atoms with Gasteiger partial charge >= 0.3 is 5.69 Å². The second-order valence-corrected chi connectivity index (χ2v) is 9.34. The van der Waals surface area contributed by atoms with Gasteiger partial charge in [-0.05, 0) is 48.7 Å². The van der Waals surface area contributed by atoms with Crippen LogP contribution in [-0.2, 0) is 22.6 Å². The van der Waals surface area contributed by atoms with Gasteiger partial charge in [-0.25, -0.2) is 13.9 Å². The number of thioether (sulfide) groups is 1. The molecular weight excluding hydrogens is 450 g/mol. The van der Waals surface area contributed by atoms with Gasteiger partial charge in [-0.3, -0.25) is 14.2 Å². The monoisotopic (exact) mass is 471 g/mol. The number of benzene rings is 1. The lowest BCUT2D eigenvalue weighted by molar-refractivity contribution is -0.117. The molecule has 3 aromatic heterocycles. The van der Waals surface area contributed by atoms with Gasteiger partial charge < -0.3 is 10.1 Å². The van der Waals surface area contributed by atoms with Gasteiger partial charge in [-0.15, -0.1) is 28.2 Å². The fourth-order valence-corrected chi connectivity index (χ4v) is 5.21. The summed E-state index contributed by atoms with van der Waals surface area (Å²) in [5, 5.41) is 8.96. The number of hydrogen-bond donors (Lipinski definition) is 1. The number of carbonyl (C=O) groups is 1. The molecule has 166 valence electrons. The Labute approximate surface area is 190 Å².